The van der Waals surface area contributed by atoms with Gasteiger partial charge in [0.1, 0.15) is 0 Å². The molecule has 0 heterocycles. The molecule has 1 N–H and O–H groups in total. The molecule has 0 aliphatic carbocycles. The van der Waals surface area contributed by atoms with E-state index < -0.39 is 0 Å². The maximum Gasteiger partial charge on any atom is 0.0754 e. The standard InChI is InChI=1S/C12H18ClNO/c1-12(2,9-14-3)15-8-10-6-4-5-7-11(10)13/h4-7,14H,8-9H2,1-3H3. The summed E-state index contributed by atoms with van der Waals surface area (Å²) in [5, 5.41) is 3.86. The zero-order chi connectivity index (χ0) is 11.3. The van der Waals surface area contributed by atoms with Crippen molar-refractivity contribution in [2.45, 2.75) is 26.1 Å². The Hall–Kier alpha value is -0.570. The van der Waals surface area contributed by atoms with E-state index in [4.69, 9.17) is 16.3 Å². The Morgan fingerprint density at radius 2 is 2.00 bits per heavy atom. The Morgan fingerprint density at radius 3 is 2.60 bits per heavy atom. The van der Waals surface area contributed by atoms with Crippen molar-refractivity contribution in [3.63, 3.8) is 0 Å². The first-order valence-corrected chi connectivity index (χ1v) is 5.45. The van der Waals surface area contributed by atoms with Gasteiger partial charge in [0, 0.05) is 11.6 Å². The molecule has 0 aliphatic heterocycles. The number of hydrogen-bond donors (Lipinski definition) is 1. The Bertz CT molecular complexity index is 312. The quantitative estimate of drug-likeness (QED) is 0.835. The lowest BCUT2D eigenvalue weighted by Crippen LogP contribution is -2.35. The van der Waals surface area contributed by atoms with E-state index in [1.165, 1.54) is 0 Å². The van der Waals surface area contributed by atoms with E-state index in [-0.39, 0.29) is 5.60 Å². The van der Waals surface area contributed by atoms with Crippen LogP contribution in [0.1, 0.15) is 19.4 Å². The second-order valence-electron chi connectivity index (χ2n) is 4.17. The molecule has 0 amide bonds. The topological polar surface area (TPSA) is 21.3 Å². The summed E-state index contributed by atoms with van der Waals surface area (Å²) in [5.41, 5.74) is 0.858. The molecule has 0 unspecified atom stereocenters. The van der Waals surface area contributed by atoms with Gasteiger partial charge in [0.25, 0.3) is 0 Å². The molecule has 2 nitrogen and oxygen atoms in total. The minimum atomic E-state index is -0.173. The van der Waals surface area contributed by atoms with Gasteiger partial charge in [-0.25, -0.2) is 0 Å². The lowest BCUT2D eigenvalue weighted by Gasteiger charge is -2.25. The van der Waals surface area contributed by atoms with Gasteiger partial charge in [-0.1, -0.05) is 29.8 Å². The van der Waals surface area contributed by atoms with Gasteiger partial charge in [-0.15, -0.1) is 0 Å². The fraction of sp³-hybridized carbons (Fsp3) is 0.500. The molecule has 0 bridgehead atoms. The van der Waals surface area contributed by atoms with Crippen LogP contribution < -0.4 is 5.32 Å². The van der Waals surface area contributed by atoms with Crippen LogP contribution in [0.15, 0.2) is 24.3 Å². The van der Waals surface area contributed by atoms with Crippen molar-refractivity contribution >= 4 is 11.6 Å². The van der Waals surface area contributed by atoms with Crippen molar-refractivity contribution in [2.75, 3.05) is 13.6 Å². The molecular weight excluding hydrogens is 210 g/mol. The average Bonchev–Trinajstić information content (AvgIpc) is 2.16. The van der Waals surface area contributed by atoms with E-state index in [1.807, 2.05) is 31.3 Å². The molecule has 0 saturated heterocycles. The minimum Gasteiger partial charge on any atom is -0.370 e. The van der Waals surface area contributed by atoms with Crippen molar-refractivity contribution in [2.24, 2.45) is 0 Å². The first-order chi connectivity index (χ1) is 7.05. The number of ether oxygens (including phenoxy) is 1. The van der Waals surface area contributed by atoms with Crippen molar-refractivity contribution in [1.82, 2.24) is 5.32 Å². The fourth-order valence-corrected chi connectivity index (χ4v) is 1.56. The van der Waals surface area contributed by atoms with E-state index in [9.17, 15) is 0 Å². The summed E-state index contributed by atoms with van der Waals surface area (Å²) in [6, 6.07) is 7.75. The predicted molar refractivity (Wildman–Crippen MR) is 64.2 cm³/mol. The van der Waals surface area contributed by atoms with Crippen LogP contribution in [-0.4, -0.2) is 19.2 Å². The molecular formula is C12H18ClNO. The molecule has 0 spiro atoms. The molecule has 1 aromatic carbocycles. The van der Waals surface area contributed by atoms with Crippen LogP contribution in [0.3, 0.4) is 0 Å². The minimum absolute atomic E-state index is 0.173. The smallest absolute Gasteiger partial charge is 0.0754 e. The van der Waals surface area contributed by atoms with Crippen molar-refractivity contribution in [1.29, 1.82) is 0 Å². The SMILES string of the molecule is CNCC(C)(C)OCc1ccccc1Cl. The van der Waals surface area contributed by atoms with Crippen LogP contribution in [0.2, 0.25) is 5.02 Å². The molecule has 0 atom stereocenters. The van der Waals surface area contributed by atoms with Gasteiger partial charge in [-0.2, -0.15) is 0 Å². The van der Waals surface area contributed by atoms with Gasteiger partial charge in [0.05, 0.1) is 12.2 Å². The number of halogens is 1. The molecule has 0 fully saturated rings. The highest BCUT2D eigenvalue weighted by Crippen LogP contribution is 2.18. The third-order valence-electron chi connectivity index (χ3n) is 2.18. The molecule has 0 aromatic heterocycles. The van der Waals surface area contributed by atoms with Crippen molar-refractivity contribution < 1.29 is 4.74 Å². The normalized spacial score (nSPS) is 11.7. The van der Waals surface area contributed by atoms with E-state index in [1.54, 1.807) is 0 Å². The molecule has 1 rings (SSSR count). The molecule has 0 saturated carbocycles. The molecule has 84 valence electrons. The number of hydrogen-bond acceptors (Lipinski definition) is 2. The van der Waals surface area contributed by atoms with E-state index >= 15 is 0 Å². The van der Waals surface area contributed by atoms with Gasteiger partial charge in [0.15, 0.2) is 0 Å². The lowest BCUT2D eigenvalue weighted by molar-refractivity contribution is -0.0267. The Kier molecular flexibility index (Phi) is 4.58. The summed E-state index contributed by atoms with van der Waals surface area (Å²) in [4.78, 5) is 0. The summed E-state index contributed by atoms with van der Waals surface area (Å²) in [7, 11) is 1.92. The van der Waals surface area contributed by atoms with Crippen LogP contribution in [-0.2, 0) is 11.3 Å². The van der Waals surface area contributed by atoms with E-state index in [0.29, 0.717) is 6.61 Å². The third kappa shape index (κ3) is 4.20. The summed E-state index contributed by atoms with van der Waals surface area (Å²) >= 11 is 6.03. The highest BCUT2D eigenvalue weighted by molar-refractivity contribution is 6.31. The highest BCUT2D eigenvalue weighted by Gasteiger charge is 2.17. The molecule has 15 heavy (non-hydrogen) atoms. The zero-order valence-electron chi connectivity index (χ0n) is 9.51. The van der Waals surface area contributed by atoms with Crippen molar-refractivity contribution in [3.05, 3.63) is 34.9 Å². The number of nitrogens with one attached hydrogen (secondary N) is 1. The van der Waals surface area contributed by atoms with Crippen molar-refractivity contribution in [3.8, 4) is 0 Å². The molecule has 0 radical (unpaired) electrons. The summed E-state index contributed by atoms with van der Waals surface area (Å²) in [6.07, 6.45) is 0. The Labute approximate surface area is 96.6 Å². The average molecular weight is 228 g/mol. The third-order valence-corrected chi connectivity index (χ3v) is 2.55. The second-order valence-corrected chi connectivity index (χ2v) is 4.58. The summed E-state index contributed by atoms with van der Waals surface area (Å²) in [6.45, 7) is 5.48. The largest absolute Gasteiger partial charge is 0.370 e. The highest BCUT2D eigenvalue weighted by atomic mass is 35.5. The maximum absolute atomic E-state index is 6.03. The molecule has 3 heteroatoms. The predicted octanol–water partition coefficient (Wildman–Crippen LogP) is 2.85. The number of likely N-dealkylation sites (N-methyl/N-ethyl adjacent to an activating group) is 1. The van der Waals surface area contributed by atoms with Crippen LogP contribution >= 0.6 is 11.6 Å². The first kappa shape index (κ1) is 12.5. The summed E-state index contributed by atoms with van der Waals surface area (Å²) < 4.78 is 5.79. The second kappa shape index (κ2) is 5.50. The van der Waals surface area contributed by atoms with E-state index in [2.05, 4.69) is 19.2 Å². The van der Waals surface area contributed by atoms with Crippen LogP contribution in [0.4, 0.5) is 0 Å². The number of benzene rings is 1. The van der Waals surface area contributed by atoms with Gasteiger partial charge < -0.3 is 10.1 Å². The van der Waals surface area contributed by atoms with Gasteiger partial charge in [-0.05, 0) is 32.5 Å². The fourth-order valence-electron chi connectivity index (χ4n) is 1.37. The first-order valence-electron chi connectivity index (χ1n) is 5.07. The summed E-state index contributed by atoms with van der Waals surface area (Å²) in [5.74, 6) is 0. The van der Waals surface area contributed by atoms with Crippen LogP contribution in [0.5, 0.6) is 0 Å². The number of rotatable bonds is 5. The van der Waals surface area contributed by atoms with Gasteiger partial charge in [-0.3, -0.25) is 0 Å². The van der Waals surface area contributed by atoms with Crippen LogP contribution in [0.25, 0.3) is 0 Å². The van der Waals surface area contributed by atoms with E-state index in [0.717, 1.165) is 17.1 Å². The lowest BCUT2D eigenvalue weighted by atomic mass is 10.1. The monoisotopic (exact) mass is 227 g/mol. The van der Waals surface area contributed by atoms with Gasteiger partial charge >= 0.3 is 0 Å². The van der Waals surface area contributed by atoms with Crippen LogP contribution in [0, 0.1) is 0 Å². The Balaban J connectivity index is 2.53. The van der Waals surface area contributed by atoms with Gasteiger partial charge in [0.2, 0.25) is 0 Å². The molecule has 0 aliphatic rings. The maximum atomic E-state index is 6.03. The zero-order valence-corrected chi connectivity index (χ0v) is 10.3. The Morgan fingerprint density at radius 1 is 1.33 bits per heavy atom. The molecule has 1 aromatic rings.